The quantitative estimate of drug-likeness (QED) is 0.178. The summed E-state index contributed by atoms with van der Waals surface area (Å²) in [4.78, 5) is 0. The van der Waals surface area contributed by atoms with Gasteiger partial charge in [-0.3, -0.25) is 0 Å². The summed E-state index contributed by atoms with van der Waals surface area (Å²) in [5, 5.41) is 0. The first-order valence-electron chi connectivity index (χ1n) is 10.3. The van der Waals surface area contributed by atoms with Gasteiger partial charge in [-0.1, -0.05) is 32.9 Å². The van der Waals surface area contributed by atoms with Gasteiger partial charge in [0.2, 0.25) is 0 Å². The Morgan fingerprint density at radius 3 is 2.24 bits per heavy atom. The van der Waals surface area contributed by atoms with Crippen molar-refractivity contribution in [2.24, 2.45) is 22.7 Å². The molecule has 12 heteroatoms. The van der Waals surface area contributed by atoms with Crippen LogP contribution in [0.2, 0.25) is 0 Å². The average Bonchev–Trinajstić information content (AvgIpc) is 2.61. The van der Waals surface area contributed by atoms with Gasteiger partial charge in [-0.25, -0.2) is 16.8 Å². The van der Waals surface area contributed by atoms with E-state index >= 15 is 0 Å². The van der Waals surface area contributed by atoms with E-state index in [9.17, 15) is 25.9 Å². The maximum atomic E-state index is 11.3. The predicted octanol–water partition coefficient (Wildman–Crippen LogP) is -2.29. The summed E-state index contributed by atoms with van der Waals surface area (Å²) in [5.74, 6) is 0.0695. The van der Waals surface area contributed by atoms with E-state index in [0.29, 0.717) is 12.0 Å². The van der Waals surface area contributed by atoms with E-state index in [2.05, 4.69) is 35.7 Å². The summed E-state index contributed by atoms with van der Waals surface area (Å²) >= 11 is 0. The van der Waals surface area contributed by atoms with E-state index in [1.807, 2.05) is 0 Å². The van der Waals surface area contributed by atoms with Crippen LogP contribution >= 0.6 is 0 Å². The monoisotopic (exact) mass is 518 g/mol. The van der Waals surface area contributed by atoms with Gasteiger partial charge in [-0.05, 0) is 79.4 Å². The number of benzene rings is 1. The normalized spacial score (nSPS) is 29.8. The van der Waals surface area contributed by atoms with Crippen molar-refractivity contribution in [3.8, 4) is 11.5 Å². The molecule has 0 unspecified atom stereocenters. The molecule has 0 heterocycles. The minimum Gasteiger partial charge on any atom is -0.716 e. The molecule has 174 valence electrons. The predicted molar refractivity (Wildman–Crippen MR) is 112 cm³/mol. The van der Waals surface area contributed by atoms with E-state index in [0.717, 1.165) is 44.2 Å². The van der Waals surface area contributed by atoms with E-state index < -0.39 is 20.8 Å². The second-order valence-electron chi connectivity index (χ2n) is 9.34. The van der Waals surface area contributed by atoms with Crippen LogP contribution in [0.4, 0.5) is 0 Å². The van der Waals surface area contributed by atoms with Crippen LogP contribution in [0.25, 0.3) is 0 Å². The Kier molecular flexibility index (Phi) is 10.7. The minimum absolute atomic E-state index is 0. The summed E-state index contributed by atoms with van der Waals surface area (Å²) in [5.41, 5.74) is 1.15. The summed E-state index contributed by atoms with van der Waals surface area (Å²) in [6.07, 6.45) is 5.26. The zero-order valence-corrected chi connectivity index (χ0v) is 25.6. The Morgan fingerprint density at radius 1 is 1.06 bits per heavy atom. The van der Waals surface area contributed by atoms with Crippen molar-refractivity contribution < 1.29 is 93.4 Å². The average molecular weight is 519 g/mol. The third kappa shape index (κ3) is 7.21. The van der Waals surface area contributed by atoms with Crippen molar-refractivity contribution in [1.82, 2.24) is 0 Å². The van der Waals surface area contributed by atoms with E-state index in [-0.39, 0.29) is 93.3 Å². The standard InChI is InChI=1S/C21H30O8S2.2Na/c1-14-6-5-7-19-20(14,3)11-10-15(2)21(19,4)13-16-12-17(28-30(22,23)24)8-9-18(16)29-31(25,26)27;;/h8-9,12,15,19H,1,5-7,10-11,13H2,2-4H3,(H,22,23,24)(H,25,26,27);;/q;2*+1/p-2/t15-,19-,20-,21-;;/m1../s1. The van der Waals surface area contributed by atoms with Crippen molar-refractivity contribution in [1.29, 1.82) is 0 Å². The third-order valence-corrected chi connectivity index (χ3v) is 8.34. The molecule has 2 fully saturated rings. The first-order chi connectivity index (χ1) is 14.1. The van der Waals surface area contributed by atoms with Gasteiger partial charge in [0.05, 0.1) is 0 Å². The van der Waals surface area contributed by atoms with Crippen LogP contribution in [-0.4, -0.2) is 25.9 Å². The molecule has 0 amide bonds. The Hall–Kier alpha value is 0.380. The van der Waals surface area contributed by atoms with E-state index in [4.69, 9.17) is 0 Å². The fraction of sp³-hybridized carbons (Fsp3) is 0.619. The van der Waals surface area contributed by atoms with Crippen LogP contribution in [-0.2, 0) is 27.2 Å². The summed E-state index contributed by atoms with van der Waals surface area (Å²) in [7, 11) is -10.1. The van der Waals surface area contributed by atoms with Crippen molar-refractivity contribution in [2.45, 2.75) is 59.3 Å². The Bertz CT molecular complexity index is 1090. The minimum atomic E-state index is -5.05. The molecule has 0 aliphatic heterocycles. The zero-order valence-electron chi connectivity index (χ0n) is 19.9. The van der Waals surface area contributed by atoms with Crippen molar-refractivity contribution in [2.75, 3.05) is 0 Å². The molecule has 0 bridgehead atoms. The summed E-state index contributed by atoms with van der Waals surface area (Å²) < 4.78 is 75.9. The van der Waals surface area contributed by atoms with Gasteiger partial charge in [0, 0.05) is 5.56 Å². The Labute approximate surface area is 241 Å². The van der Waals surface area contributed by atoms with Crippen LogP contribution in [0, 0.1) is 22.7 Å². The van der Waals surface area contributed by atoms with Crippen LogP contribution < -0.4 is 67.5 Å². The molecule has 2 aliphatic carbocycles. The number of rotatable bonds is 6. The number of hydrogen-bond donors (Lipinski definition) is 0. The molecule has 2 saturated carbocycles. The Balaban J connectivity index is 0.00000272. The molecule has 2 aliphatic rings. The summed E-state index contributed by atoms with van der Waals surface area (Å²) in [6, 6.07) is 3.48. The zero-order chi connectivity index (χ0) is 23.2. The smallest absolute Gasteiger partial charge is 0.716 e. The van der Waals surface area contributed by atoms with Gasteiger partial charge in [-0.2, -0.15) is 0 Å². The first kappa shape index (κ1) is 31.4. The summed E-state index contributed by atoms with van der Waals surface area (Å²) in [6.45, 7) is 10.8. The topological polar surface area (TPSA) is 133 Å². The van der Waals surface area contributed by atoms with Crippen LogP contribution in [0.5, 0.6) is 11.5 Å². The molecule has 0 aromatic heterocycles. The Morgan fingerprint density at radius 2 is 1.67 bits per heavy atom. The molecule has 0 N–H and O–H groups in total. The number of hydrogen-bond acceptors (Lipinski definition) is 8. The molecular formula is C21H28Na2O8S2. The molecule has 3 rings (SSSR count). The molecule has 0 spiro atoms. The van der Waals surface area contributed by atoms with Crippen LogP contribution in [0.15, 0.2) is 30.4 Å². The van der Waals surface area contributed by atoms with Crippen molar-refractivity contribution in [3.63, 3.8) is 0 Å². The van der Waals surface area contributed by atoms with Crippen molar-refractivity contribution >= 4 is 20.8 Å². The SMILES string of the molecule is C=C1CCC[C@H]2[C@](C)(Cc3cc(OS(=O)(=O)[O-])ccc3OS(=O)(=O)[O-])[C@H](C)CC[C@]12C.[Na+].[Na+]. The molecule has 4 atom stereocenters. The third-order valence-electron chi connectivity index (χ3n) is 7.56. The molecular weight excluding hydrogens is 490 g/mol. The van der Waals surface area contributed by atoms with Crippen LogP contribution in [0.3, 0.4) is 0 Å². The van der Waals surface area contributed by atoms with Gasteiger partial charge in [0.15, 0.2) is 0 Å². The van der Waals surface area contributed by atoms with Gasteiger partial charge in [0.25, 0.3) is 20.8 Å². The van der Waals surface area contributed by atoms with Gasteiger partial charge in [-0.15, -0.1) is 0 Å². The molecule has 1 aromatic carbocycles. The maximum Gasteiger partial charge on any atom is 1.00 e. The molecule has 33 heavy (non-hydrogen) atoms. The van der Waals surface area contributed by atoms with Gasteiger partial charge in [0.1, 0.15) is 11.5 Å². The first-order valence-corrected chi connectivity index (χ1v) is 12.9. The molecule has 8 nitrogen and oxygen atoms in total. The van der Waals surface area contributed by atoms with E-state index in [1.165, 1.54) is 11.6 Å². The number of fused-ring (bicyclic) bond motifs is 1. The fourth-order valence-electron chi connectivity index (χ4n) is 5.73. The fourth-order valence-corrected chi connectivity index (χ4v) is 6.45. The largest absolute Gasteiger partial charge is 1.00 e. The molecule has 0 radical (unpaired) electrons. The van der Waals surface area contributed by atoms with Gasteiger partial charge < -0.3 is 17.5 Å². The second-order valence-corrected chi connectivity index (χ2v) is 11.3. The molecule has 0 saturated heterocycles. The maximum absolute atomic E-state index is 11.3. The van der Waals surface area contributed by atoms with E-state index in [1.54, 1.807) is 0 Å². The van der Waals surface area contributed by atoms with Crippen LogP contribution in [0.1, 0.15) is 58.4 Å². The second kappa shape index (κ2) is 11.2. The van der Waals surface area contributed by atoms with Gasteiger partial charge >= 0.3 is 59.1 Å². The number of allylic oxidation sites excluding steroid dienone is 1. The van der Waals surface area contributed by atoms with Crippen molar-refractivity contribution in [3.05, 3.63) is 35.9 Å². The molecule has 1 aromatic rings.